The smallest absolute Gasteiger partial charge is 0.234 e. The number of hydrogen-bond acceptors (Lipinski definition) is 4. The monoisotopic (exact) mass is 294 g/mol. The number of nitrogens with one attached hydrogen (secondary N) is 1. The zero-order valence-corrected chi connectivity index (χ0v) is 13.0. The lowest BCUT2D eigenvalue weighted by molar-refractivity contribution is -0.123. The molecule has 0 spiro atoms. The van der Waals surface area contributed by atoms with E-state index >= 15 is 0 Å². The van der Waals surface area contributed by atoms with Crippen molar-refractivity contribution < 1.29 is 14.3 Å². The van der Waals surface area contributed by atoms with E-state index in [1.807, 2.05) is 19.1 Å². The fourth-order valence-electron chi connectivity index (χ4n) is 2.91. The molecule has 2 rings (SSSR count). The number of piperidine rings is 1. The van der Waals surface area contributed by atoms with Crippen LogP contribution in [0.3, 0.4) is 0 Å². The van der Waals surface area contributed by atoms with Gasteiger partial charge in [-0.1, -0.05) is 6.92 Å². The maximum absolute atomic E-state index is 12.1. The van der Waals surface area contributed by atoms with E-state index in [0.717, 1.165) is 38.1 Å². The summed E-state index contributed by atoms with van der Waals surface area (Å²) in [6, 6.07) is 3.58. The minimum atomic E-state index is -0.107. The fraction of sp³-hybridized carbons (Fsp3) is 0.688. The van der Waals surface area contributed by atoms with E-state index in [1.54, 1.807) is 6.26 Å². The first kappa shape index (κ1) is 16.0. The van der Waals surface area contributed by atoms with Crippen LogP contribution in [0, 0.1) is 5.41 Å². The van der Waals surface area contributed by atoms with E-state index in [9.17, 15) is 9.90 Å². The van der Waals surface area contributed by atoms with Gasteiger partial charge in [0, 0.05) is 6.61 Å². The van der Waals surface area contributed by atoms with Crippen LogP contribution in [0.25, 0.3) is 0 Å². The largest absolute Gasteiger partial charge is 0.467 e. The molecule has 21 heavy (non-hydrogen) atoms. The number of amides is 1. The molecule has 1 aliphatic heterocycles. The first-order valence-corrected chi connectivity index (χ1v) is 7.74. The Balaban J connectivity index is 1.77. The number of likely N-dealkylation sites (tertiary alicyclic amines) is 1. The van der Waals surface area contributed by atoms with Gasteiger partial charge in [-0.3, -0.25) is 9.69 Å². The lowest BCUT2D eigenvalue weighted by Gasteiger charge is -2.40. The van der Waals surface area contributed by atoms with Crippen LogP contribution in [-0.4, -0.2) is 42.2 Å². The summed E-state index contributed by atoms with van der Waals surface area (Å²) < 4.78 is 5.29. The highest BCUT2D eigenvalue weighted by atomic mass is 16.3. The standard InChI is InChI=1S/C16H26N2O3/c1-3-16(12-19)6-8-18(9-7-16)11-15(20)17-13(2)14-5-4-10-21-14/h4-5,10,13,19H,3,6-9,11-12H2,1-2H3,(H,17,20). The van der Waals surface area contributed by atoms with Crippen molar-refractivity contribution >= 4 is 5.91 Å². The third-order valence-corrected chi connectivity index (χ3v) is 4.72. The Hall–Kier alpha value is -1.33. The number of rotatable bonds is 6. The van der Waals surface area contributed by atoms with Crippen molar-refractivity contribution in [1.82, 2.24) is 10.2 Å². The third-order valence-electron chi connectivity index (χ3n) is 4.72. The van der Waals surface area contributed by atoms with Crippen molar-refractivity contribution in [3.63, 3.8) is 0 Å². The Morgan fingerprint density at radius 3 is 2.76 bits per heavy atom. The van der Waals surface area contributed by atoms with Gasteiger partial charge in [0.1, 0.15) is 5.76 Å². The van der Waals surface area contributed by atoms with Crippen LogP contribution < -0.4 is 5.32 Å². The van der Waals surface area contributed by atoms with Gasteiger partial charge in [-0.25, -0.2) is 0 Å². The second-order valence-corrected chi connectivity index (χ2v) is 6.09. The lowest BCUT2D eigenvalue weighted by atomic mass is 9.77. The van der Waals surface area contributed by atoms with Crippen LogP contribution in [0.1, 0.15) is 44.9 Å². The van der Waals surface area contributed by atoms with Crippen molar-refractivity contribution in [2.24, 2.45) is 5.41 Å². The molecule has 1 aromatic heterocycles. The van der Waals surface area contributed by atoms with E-state index < -0.39 is 0 Å². The summed E-state index contributed by atoms with van der Waals surface area (Å²) in [5.74, 6) is 0.791. The molecular weight excluding hydrogens is 268 g/mol. The van der Waals surface area contributed by atoms with Gasteiger partial charge in [0.15, 0.2) is 0 Å². The first-order chi connectivity index (χ1) is 10.1. The molecule has 1 atom stereocenters. The number of aliphatic hydroxyl groups is 1. The molecule has 5 heteroatoms. The van der Waals surface area contributed by atoms with Gasteiger partial charge in [-0.05, 0) is 56.8 Å². The predicted molar refractivity (Wildman–Crippen MR) is 80.7 cm³/mol. The Labute approximate surface area is 126 Å². The van der Waals surface area contributed by atoms with Crippen molar-refractivity contribution in [3.8, 4) is 0 Å². The van der Waals surface area contributed by atoms with Gasteiger partial charge in [0.25, 0.3) is 0 Å². The van der Waals surface area contributed by atoms with Gasteiger partial charge < -0.3 is 14.8 Å². The van der Waals surface area contributed by atoms with E-state index in [2.05, 4.69) is 17.1 Å². The number of furan rings is 1. The van der Waals surface area contributed by atoms with E-state index in [-0.39, 0.29) is 24.0 Å². The summed E-state index contributed by atoms with van der Waals surface area (Å²) in [6.07, 6.45) is 4.53. The molecule has 1 aliphatic rings. The van der Waals surface area contributed by atoms with Crippen molar-refractivity contribution in [2.75, 3.05) is 26.2 Å². The minimum absolute atomic E-state index is 0.0203. The zero-order valence-electron chi connectivity index (χ0n) is 13.0. The Morgan fingerprint density at radius 1 is 1.52 bits per heavy atom. The average molecular weight is 294 g/mol. The maximum Gasteiger partial charge on any atom is 0.234 e. The summed E-state index contributed by atoms with van der Waals surface area (Å²) >= 11 is 0. The molecule has 2 heterocycles. The van der Waals surface area contributed by atoms with Gasteiger partial charge in [0.2, 0.25) is 5.91 Å². The van der Waals surface area contributed by atoms with E-state index in [4.69, 9.17) is 4.42 Å². The predicted octanol–water partition coefficient (Wildman–Crippen LogP) is 1.94. The zero-order chi connectivity index (χ0) is 15.3. The fourth-order valence-corrected chi connectivity index (χ4v) is 2.91. The molecule has 0 aliphatic carbocycles. The molecule has 0 aromatic carbocycles. The van der Waals surface area contributed by atoms with Crippen LogP contribution in [0.4, 0.5) is 0 Å². The SMILES string of the molecule is CCC1(CO)CCN(CC(=O)NC(C)c2ccco2)CC1. The van der Waals surface area contributed by atoms with Gasteiger partial charge in [-0.2, -0.15) is 0 Å². The molecule has 1 unspecified atom stereocenters. The van der Waals surface area contributed by atoms with Crippen LogP contribution >= 0.6 is 0 Å². The lowest BCUT2D eigenvalue weighted by Crippen LogP contribution is -2.46. The highest BCUT2D eigenvalue weighted by Gasteiger charge is 2.32. The molecule has 118 valence electrons. The van der Waals surface area contributed by atoms with Gasteiger partial charge in [-0.15, -0.1) is 0 Å². The Bertz CT molecular complexity index is 430. The van der Waals surface area contributed by atoms with Crippen LogP contribution in [0.2, 0.25) is 0 Å². The second kappa shape index (κ2) is 7.09. The molecule has 0 bridgehead atoms. The molecule has 5 nitrogen and oxygen atoms in total. The van der Waals surface area contributed by atoms with Gasteiger partial charge >= 0.3 is 0 Å². The maximum atomic E-state index is 12.1. The molecule has 1 amide bonds. The van der Waals surface area contributed by atoms with E-state index in [0.29, 0.717) is 6.54 Å². The normalized spacial score (nSPS) is 20.1. The van der Waals surface area contributed by atoms with Crippen molar-refractivity contribution in [3.05, 3.63) is 24.2 Å². The van der Waals surface area contributed by atoms with Crippen LogP contribution in [0.5, 0.6) is 0 Å². The third kappa shape index (κ3) is 4.08. The Kier molecular flexibility index (Phi) is 5.42. The highest BCUT2D eigenvalue weighted by Crippen LogP contribution is 2.33. The summed E-state index contributed by atoms with van der Waals surface area (Å²) in [5, 5.41) is 12.5. The van der Waals surface area contributed by atoms with Crippen molar-refractivity contribution in [1.29, 1.82) is 0 Å². The number of carbonyl (C=O) groups is 1. The summed E-state index contributed by atoms with van der Waals surface area (Å²) in [4.78, 5) is 14.2. The molecule has 0 radical (unpaired) electrons. The van der Waals surface area contributed by atoms with Crippen LogP contribution in [0.15, 0.2) is 22.8 Å². The minimum Gasteiger partial charge on any atom is -0.467 e. The number of nitrogens with zero attached hydrogens (tertiary/aromatic N) is 1. The van der Waals surface area contributed by atoms with Crippen LogP contribution in [-0.2, 0) is 4.79 Å². The number of carbonyl (C=O) groups excluding carboxylic acids is 1. The first-order valence-electron chi connectivity index (χ1n) is 7.74. The quantitative estimate of drug-likeness (QED) is 0.841. The number of aliphatic hydroxyl groups excluding tert-OH is 1. The summed E-state index contributed by atoms with van der Waals surface area (Å²) in [6.45, 7) is 6.45. The molecule has 1 aromatic rings. The van der Waals surface area contributed by atoms with Gasteiger partial charge in [0.05, 0.1) is 18.8 Å². The molecular formula is C16H26N2O3. The molecule has 0 saturated carbocycles. The average Bonchev–Trinajstić information content (AvgIpc) is 3.02. The second-order valence-electron chi connectivity index (χ2n) is 6.09. The summed E-state index contributed by atoms with van der Waals surface area (Å²) in [7, 11) is 0. The topological polar surface area (TPSA) is 65.7 Å². The summed E-state index contributed by atoms with van der Waals surface area (Å²) in [5.41, 5.74) is 0.0639. The molecule has 1 saturated heterocycles. The number of hydrogen-bond donors (Lipinski definition) is 2. The molecule has 1 fully saturated rings. The molecule has 2 N–H and O–H groups in total. The van der Waals surface area contributed by atoms with Crippen molar-refractivity contribution in [2.45, 2.75) is 39.2 Å². The highest BCUT2D eigenvalue weighted by molar-refractivity contribution is 5.78. The van der Waals surface area contributed by atoms with E-state index in [1.165, 1.54) is 0 Å². The Morgan fingerprint density at radius 2 is 2.24 bits per heavy atom.